The van der Waals surface area contributed by atoms with E-state index in [0.29, 0.717) is 30.7 Å². The van der Waals surface area contributed by atoms with Gasteiger partial charge in [-0.25, -0.2) is 19.0 Å². The molecule has 0 aromatic heterocycles. The second-order valence-corrected chi connectivity index (χ2v) is 8.68. The molecule has 0 bridgehead atoms. The van der Waals surface area contributed by atoms with E-state index >= 15 is 0 Å². The van der Waals surface area contributed by atoms with Gasteiger partial charge in [0.25, 0.3) is 0 Å². The van der Waals surface area contributed by atoms with Crippen LogP contribution in [0.5, 0.6) is 0 Å². The van der Waals surface area contributed by atoms with Crippen molar-refractivity contribution in [3.63, 3.8) is 0 Å². The molecule has 0 saturated heterocycles. The van der Waals surface area contributed by atoms with Crippen LogP contribution >= 0.6 is 0 Å². The van der Waals surface area contributed by atoms with Gasteiger partial charge in [0.05, 0.1) is 18.4 Å². The molecule has 33 heavy (non-hydrogen) atoms. The fraction of sp³-hybridized carbons (Fsp3) is 0.400. The first-order valence-electron chi connectivity index (χ1n) is 11.3. The summed E-state index contributed by atoms with van der Waals surface area (Å²) in [6, 6.07) is 15.2. The molecule has 1 fully saturated rings. The van der Waals surface area contributed by atoms with E-state index in [1.807, 2.05) is 35.3 Å². The van der Waals surface area contributed by atoms with Gasteiger partial charge in [-0.1, -0.05) is 42.5 Å². The van der Waals surface area contributed by atoms with Gasteiger partial charge >= 0.3 is 12.0 Å². The Hall–Kier alpha value is -3.10. The molecule has 1 aliphatic heterocycles. The molecular formula is C25H28FN3O4. The van der Waals surface area contributed by atoms with Crippen molar-refractivity contribution in [3.05, 3.63) is 71.5 Å². The Morgan fingerprint density at radius 1 is 1.06 bits per heavy atom. The number of carbonyl (C=O) groups is 2. The summed E-state index contributed by atoms with van der Waals surface area (Å²) in [4.78, 5) is 27.4. The molecular weight excluding hydrogens is 425 g/mol. The van der Waals surface area contributed by atoms with Crippen molar-refractivity contribution in [3.8, 4) is 0 Å². The Kier molecular flexibility index (Phi) is 7.47. The maximum atomic E-state index is 13.6. The third-order valence-corrected chi connectivity index (χ3v) is 6.29. The number of hydrazine groups is 1. The van der Waals surface area contributed by atoms with Crippen LogP contribution in [0.3, 0.4) is 0 Å². The van der Waals surface area contributed by atoms with Crippen molar-refractivity contribution in [1.82, 2.24) is 10.4 Å². The van der Waals surface area contributed by atoms with Crippen LogP contribution in [0.1, 0.15) is 42.9 Å². The van der Waals surface area contributed by atoms with Crippen molar-refractivity contribution < 1.29 is 23.8 Å². The number of ether oxygens (including phenoxy) is 1. The first kappa shape index (κ1) is 23.1. The Bertz CT molecular complexity index is 988. The second-order valence-electron chi connectivity index (χ2n) is 8.68. The number of hydrogen-bond acceptors (Lipinski definition) is 4. The lowest BCUT2D eigenvalue weighted by atomic mass is 9.82. The number of carbonyl (C=O) groups excluding carboxylic acids is 1. The van der Waals surface area contributed by atoms with E-state index in [2.05, 4.69) is 10.4 Å². The van der Waals surface area contributed by atoms with Gasteiger partial charge in [0.1, 0.15) is 12.4 Å². The molecule has 1 atom stereocenters. The van der Waals surface area contributed by atoms with Crippen LogP contribution in [0, 0.1) is 17.7 Å². The molecule has 1 saturated carbocycles. The smallest absolute Gasteiger partial charge is 0.355 e. The highest BCUT2D eigenvalue weighted by molar-refractivity contribution is 6.10. The highest BCUT2D eigenvalue weighted by Crippen LogP contribution is 2.33. The van der Waals surface area contributed by atoms with Gasteiger partial charge in [-0.05, 0) is 60.8 Å². The molecule has 8 heteroatoms. The Balaban J connectivity index is 1.49. The lowest BCUT2D eigenvalue weighted by molar-refractivity contribution is -0.142. The number of hydrogen-bond donors (Lipinski definition) is 2. The fourth-order valence-electron chi connectivity index (χ4n) is 4.67. The number of carboxylic acids is 1. The molecule has 174 valence electrons. The first-order valence-corrected chi connectivity index (χ1v) is 11.3. The van der Waals surface area contributed by atoms with Gasteiger partial charge in [0.15, 0.2) is 0 Å². The average Bonchev–Trinajstić information content (AvgIpc) is 2.81. The minimum absolute atomic E-state index is 0.263. The summed E-state index contributed by atoms with van der Waals surface area (Å²) < 4.78 is 18.9. The number of nitrogens with zero attached hydrogens (tertiary/aromatic N) is 2. The first-order chi connectivity index (χ1) is 16.0. The number of benzene rings is 2. The Morgan fingerprint density at radius 2 is 1.73 bits per heavy atom. The van der Waals surface area contributed by atoms with E-state index in [1.165, 1.54) is 12.1 Å². The molecule has 1 heterocycles. The van der Waals surface area contributed by atoms with Gasteiger partial charge in [-0.3, -0.25) is 5.43 Å². The van der Waals surface area contributed by atoms with Crippen LogP contribution in [0.25, 0.3) is 0 Å². The number of halogens is 1. The zero-order valence-corrected chi connectivity index (χ0v) is 18.3. The van der Waals surface area contributed by atoms with Crippen molar-refractivity contribution in [1.29, 1.82) is 0 Å². The topological polar surface area (TPSA) is 91.2 Å². The summed E-state index contributed by atoms with van der Waals surface area (Å²) in [5.41, 5.74) is 5.26. The number of aliphatic imine (C=N–C) groups is 1. The van der Waals surface area contributed by atoms with Crippen LogP contribution in [0.2, 0.25) is 0 Å². The van der Waals surface area contributed by atoms with E-state index in [4.69, 9.17) is 9.84 Å². The lowest BCUT2D eigenvalue weighted by Gasteiger charge is -2.39. The SMILES string of the molecule is O=C(O)COCC1CCC(CN2NC(=O)N=C(c3ccccc3)C2c2ccc(F)cc2)CC1. The van der Waals surface area contributed by atoms with Gasteiger partial charge in [-0.15, -0.1) is 0 Å². The Morgan fingerprint density at radius 3 is 2.39 bits per heavy atom. The summed E-state index contributed by atoms with van der Waals surface area (Å²) in [5, 5.41) is 10.7. The van der Waals surface area contributed by atoms with E-state index < -0.39 is 12.0 Å². The predicted molar refractivity (Wildman–Crippen MR) is 121 cm³/mol. The number of carboxylic acid groups (broad SMARTS) is 1. The van der Waals surface area contributed by atoms with Crippen LogP contribution < -0.4 is 5.43 Å². The monoisotopic (exact) mass is 453 g/mol. The van der Waals surface area contributed by atoms with Crippen LogP contribution in [0.15, 0.2) is 59.6 Å². The van der Waals surface area contributed by atoms with Crippen molar-refractivity contribution in [2.75, 3.05) is 19.8 Å². The number of amides is 2. The number of rotatable bonds is 8. The highest BCUT2D eigenvalue weighted by Gasteiger charge is 2.35. The van der Waals surface area contributed by atoms with Gasteiger partial charge in [-0.2, -0.15) is 4.99 Å². The van der Waals surface area contributed by atoms with E-state index in [0.717, 1.165) is 36.8 Å². The van der Waals surface area contributed by atoms with Gasteiger partial charge in [0.2, 0.25) is 0 Å². The Labute approximate surface area is 192 Å². The molecule has 2 aromatic carbocycles. The number of aliphatic carboxylic acids is 1. The standard InChI is InChI=1S/C25H28FN3O4/c26-21-12-10-20(11-13-21)24-23(19-4-2-1-3-5-19)27-25(32)28-29(24)14-17-6-8-18(9-7-17)15-33-16-22(30)31/h1-5,10-13,17-18,24H,6-9,14-16H2,(H,28,32)(H,30,31). The second kappa shape index (κ2) is 10.7. The average molecular weight is 454 g/mol. The normalized spacial score (nSPS) is 23.6. The lowest BCUT2D eigenvalue weighted by Crippen LogP contribution is -2.52. The summed E-state index contributed by atoms with van der Waals surface area (Å²) in [6.07, 6.45) is 3.82. The third kappa shape index (κ3) is 6.03. The maximum absolute atomic E-state index is 13.6. The zero-order chi connectivity index (χ0) is 23.2. The van der Waals surface area contributed by atoms with E-state index in [-0.39, 0.29) is 18.5 Å². The maximum Gasteiger partial charge on any atom is 0.355 e. The molecule has 2 aliphatic rings. The van der Waals surface area contributed by atoms with Crippen molar-refractivity contribution in [2.24, 2.45) is 16.8 Å². The van der Waals surface area contributed by atoms with E-state index in [1.54, 1.807) is 12.1 Å². The van der Waals surface area contributed by atoms with Crippen molar-refractivity contribution in [2.45, 2.75) is 31.7 Å². The molecule has 1 unspecified atom stereocenters. The van der Waals surface area contributed by atoms with Crippen LogP contribution in [-0.2, 0) is 9.53 Å². The van der Waals surface area contributed by atoms with Crippen LogP contribution in [-0.4, -0.2) is 47.6 Å². The largest absolute Gasteiger partial charge is 0.480 e. The van der Waals surface area contributed by atoms with E-state index in [9.17, 15) is 14.0 Å². The van der Waals surface area contributed by atoms with Crippen LogP contribution in [0.4, 0.5) is 9.18 Å². The molecule has 1 aliphatic carbocycles. The summed E-state index contributed by atoms with van der Waals surface area (Å²) in [7, 11) is 0. The molecule has 2 aromatic rings. The molecule has 2 amide bonds. The minimum atomic E-state index is -0.952. The van der Waals surface area contributed by atoms with Gasteiger partial charge < -0.3 is 9.84 Å². The minimum Gasteiger partial charge on any atom is -0.480 e. The number of nitrogens with one attached hydrogen (secondary N) is 1. The molecule has 7 nitrogen and oxygen atoms in total. The zero-order valence-electron chi connectivity index (χ0n) is 18.3. The molecule has 0 radical (unpaired) electrons. The van der Waals surface area contributed by atoms with Crippen molar-refractivity contribution >= 4 is 17.7 Å². The quantitative estimate of drug-likeness (QED) is 0.625. The molecule has 2 N–H and O–H groups in total. The summed E-state index contributed by atoms with van der Waals surface area (Å²) in [5.74, 6) is -0.552. The predicted octanol–water partition coefficient (Wildman–Crippen LogP) is 4.20. The highest BCUT2D eigenvalue weighted by atomic mass is 19.1. The number of urea groups is 1. The fourth-order valence-corrected chi connectivity index (χ4v) is 4.67. The summed E-state index contributed by atoms with van der Waals surface area (Å²) >= 11 is 0. The third-order valence-electron chi connectivity index (χ3n) is 6.29. The van der Waals surface area contributed by atoms with Gasteiger partial charge in [0, 0.05) is 6.54 Å². The summed E-state index contributed by atoms with van der Waals surface area (Å²) in [6.45, 7) is 0.839. The molecule has 0 spiro atoms. The molecule has 4 rings (SSSR count).